The molecule has 1 N–H and O–H groups in total. The molecule has 100 valence electrons. The molecule has 3 nitrogen and oxygen atoms in total. The fourth-order valence-corrected chi connectivity index (χ4v) is 1.61. The van der Waals surface area contributed by atoms with E-state index in [-0.39, 0.29) is 17.9 Å². The first-order valence-electron chi connectivity index (χ1n) is 6.27. The van der Waals surface area contributed by atoms with E-state index in [2.05, 4.69) is 20.8 Å². The molecule has 1 aromatic carbocycles. The molecule has 18 heavy (non-hydrogen) atoms. The highest BCUT2D eigenvalue weighted by molar-refractivity contribution is 5.67. The number of ether oxygens (including phenoxy) is 1. The topological polar surface area (TPSA) is 46.5 Å². The standard InChI is InChI=1S/C15H22O3/c1-15(2,3)9-10-18-13(11-14(16)17)12-7-5-4-6-8-12/h4-8,13H,9-11H2,1-3H3,(H,16,17). The maximum Gasteiger partial charge on any atom is 0.306 e. The Morgan fingerprint density at radius 2 is 1.89 bits per heavy atom. The van der Waals surface area contributed by atoms with Crippen LogP contribution in [0, 0.1) is 5.41 Å². The molecule has 0 saturated heterocycles. The number of hydrogen-bond donors (Lipinski definition) is 1. The molecule has 0 aliphatic carbocycles. The number of benzene rings is 1. The molecule has 0 amide bonds. The van der Waals surface area contributed by atoms with Gasteiger partial charge in [0.2, 0.25) is 0 Å². The molecule has 0 fully saturated rings. The van der Waals surface area contributed by atoms with Crippen molar-refractivity contribution in [3.05, 3.63) is 35.9 Å². The molecule has 0 saturated carbocycles. The van der Waals surface area contributed by atoms with Crippen LogP contribution in [-0.4, -0.2) is 17.7 Å². The van der Waals surface area contributed by atoms with Crippen molar-refractivity contribution in [2.75, 3.05) is 6.61 Å². The van der Waals surface area contributed by atoms with Crippen molar-refractivity contribution in [1.29, 1.82) is 0 Å². The van der Waals surface area contributed by atoms with Crippen LogP contribution in [0.1, 0.15) is 45.3 Å². The summed E-state index contributed by atoms with van der Waals surface area (Å²) < 4.78 is 5.73. The van der Waals surface area contributed by atoms with Crippen molar-refractivity contribution in [3.8, 4) is 0 Å². The van der Waals surface area contributed by atoms with Crippen LogP contribution in [0.4, 0.5) is 0 Å². The Labute approximate surface area is 109 Å². The normalized spacial score (nSPS) is 13.3. The van der Waals surface area contributed by atoms with Crippen LogP contribution in [-0.2, 0) is 9.53 Å². The summed E-state index contributed by atoms with van der Waals surface area (Å²) in [6, 6.07) is 9.53. The van der Waals surface area contributed by atoms with E-state index in [4.69, 9.17) is 9.84 Å². The molecule has 1 atom stereocenters. The van der Waals surface area contributed by atoms with Gasteiger partial charge in [-0.25, -0.2) is 0 Å². The molecule has 0 aromatic heterocycles. The Hall–Kier alpha value is -1.35. The van der Waals surface area contributed by atoms with E-state index in [1.165, 1.54) is 0 Å². The Balaban J connectivity index is 2.60. The smallest absolute Gasteiger partial charge is 0.306 e. The molecule has 0 aliphatic rings. The quantitative estimate of drug-likeness (QED) is 0.838. The number of carbonyl (C=O) groups is 1. The van der Waals surface area contributed by atoms with Gasteiger partial charge >= 0.3 is 5.97 Å². The maximum atomic E-state index is 10.9. The van der Waals surface area contributed by atoms with E-state index in [0.29, 0.717) is 6.61 Å². The largest absolute Gasteiger partial charge is 0.481 e. The van der Waals surface area contributed by atoms with Crippen molar-refractivity contribution in [1.82, 2.24) is 0 Å². The summed E-state index contributed by atoms with van der Waals surface area (Å²) in [5.41, 5.74) is 1.12. The Bertz CT molecular complexity index is 365. The van der Waals surface area contributed by atoms with Gasteiger partial charge in [-0.3, -0.25) is 4.79 Å². The highest BCUT2D eigenvalue weighted by Crippen LogP contribution is 2.24. The fourth-order valence-electron chi connectivity index (χ4n) is 1.61. The lowest BCUT2D eigenvalue weighted by molar-refractivity contribution is -0.140. The highest BCUT2D eigenvalue weighted by Gasteiger charge is 2.17. The van der Waals surface area contributed by atoms with E-state index in [0.717, 1.165) is 12.0 Å². The lowest BCUT2D eigenvalue weighted by Gasteiger charge is -2.21. The van der Waals surface area contributed by atoms with E-state index < -0.39 is 5.97 Å². The van der Waals surface area contributed by atoms with Crippen LogP contribution in [0.25, 0.3) is 0 Å². The number of carboxylic acid groups (broad SMARTS) is 1. The molecule has 0 heterocycles. The molecule has 1 rings (SSSR count). The molecular weight excluding hydrogens is 228 g/mol. The lowest BCUT2D eigenvalue weighted by Crippen LogP contribution is -2.15. The average molecular weight is 250 g/mol. The number of hydrogen-bond acceptors (Lipinski definition) is 2. The third-order valence-corrected chi connectivity index (χ3v) is 2.70. The second-order valence-electron chi connectivity index (χ2n) is 5.68. The fraction of sp³-hybridized carbons (Fsp3) is 0.533. The van der Waals surface area contributed by atoms with Gasteiger partial charge in [0.05, 0.1) is 12.5 Å². The van der Waals surface area contributed by atoms with Crippen LogP contribution >= 0.6 is 0 Å². The molecule has 0 radical (unpaired) electrons. The van der Waals surface area contributed by atoms with Crippen molar-refractivity contribution < 1.29 is 14.6 Å². The van der Waals surface area contributed by atoms with Crippen LogP contribution in [0.15, 0.2) is 30.3 Å². The first-order chi connectivity index (χ1) is 8.38. The zero-order valence-electron chi connectivity index (χ0n) is 11.3. The highest BCUT2D eigenvalue weighted by atomic mass is 16.5. The zero-order valence-corrected chi connectivity index (χ0v) is 11.3. The number of rotatable bonds is 6. The van der Waals surface area contributed by atoms with Gasteiger partial charge in [0.1, 0.15) is 0 Å². The van der Waals surface area contributed by atoms with Gasteiger partial charge in [0.25, 0.3) is 0 Å². The third-order valence-electron chi connectivity index (χ3n) is 2.70. The van der Waals surface area contributed by atoms with Crippen LogP contribution < -0.4 is 0 Å². The van der Waals surface area contributed by atoms with E-state index >= 15 is 0 Å². The van der Waals surface area contributed by atoms with Crippen LogP contribution in [0.5, 0.6) is 0 Å². The maximum absolute atomic E-state index is 10.9. The number of aliphatic carboxylic acids is 1. The third kappa shape index (κ3) is 5.82. The summed E-state index contributed by atoms with van der Waals surface area (Å²) in [6.07, 6.45) is 0.565. The molecule has 0 aliphatic heterocycles. The minimum absolute atomic E-state index is 0.00809. The summed E-state index contributed by atoms with van der Waals surface area (Å²) in [7, 11) is 0. The molecule has 0 bridgehead atoms. The van der Waals surface area contributed by atoms with E-state index in [1.54, 1.807) is 0 Å². The Morgan fingerprint density at radius 1 is 1.28 bits per heavy atom. The average Bonchev–Trinajstić information content (AvgIpc) is 2.27. The minimum atomic E-state index is -0.834. The van der Waals surface area contributed by atoms with Crippen molar-refractivity contribution in [2.45, 2.75) is 39.7 Å². The van der Waals surface area contributed by atoms with Crippen molar-refractivity contribution in [3.63, 3.8) is 0 Å². The zero-order chi connectivity index (χ0) is 13.6. The predicted molar refractivity (Wildman–Crippen MR) is 71.5 cm³/mol. The van der Waals surface area contributed by atoms with Gasteiger partial charge in [-0.05, 0) is 17.4 Å². The van der Waals surface area contributed by atoms with Crippen molar-refractivity contribution >= 4 is 5.97 Å². The predicted octanol–water partition coefficient (Wildman–Crippen LogP) is 3.66. The molecule has 1 aromatic rings. The SMILES string of the molecule is CC(C)(C)CCOC(CC(=O)O)c1ccccc1. The second-order valence-corrected chi connectivity index (χ2v) is 5.68. The number of carboxylic acids is 1. The summed E-state index contributed by atoms with van der Waals surface area (Å²) in [4.78, 5) is 10.9. The van der Waals surface area contributed by atoms with Crippen molar-refractivity contribution in [2.24, 2.45) is 5.41 Å². The van der Waals surface area contributed by atoms with Gasteiger partial charge in [-0.15, -0.1) is 0 Å². The van der Waals surface area contributed by atoms with E-state index in [9.17, 15) is 4.79 Å². The molecule has 3 heteroatoms. The summed E-state index contributed by atoms with van der Waals surface area (Å²) in [5.74, 6) is -0.834. The lowest BCUT2D eigenvalue weighted by atomic mass is 9.93. The first kappa shape index (κ1) is 14.7. The summed E-state index contributed by atoms with van der Waals surface area (Å²) >= 11 is 0. The van der Waals surface area contributed by atoms with Gasteiger partial charge in [-0.1, -0.05) is 51.1 Å². The summed E-state index contributed by atoms with van der Waals surface area (Å²) in [6.45, 7) is 7.01. The van der Waals surface area contributed by atoms with Crippen LogP contribution in [0.3, 0.4) is 0 Å². The van der Waals surface area contributed by atoms with Gasteiger partial charge < -0.3 is 9.84 Å². The molecule has 1 unspecified atom stereocenters. The first-order valence-corrected chi connectivity index (χ1v) is 6.27. The van der Waals surface area contributed by atoms with Gasteiger partial charge in [0.15, 0.2) is 0 Å². The minimum Gasteiger partial charge on any atom is -0.481 e. The van der Waals surface area contributed by atoms with Gasteiger partial charge in [-0.2, -0.15) is 0 Å². The molecule has 0 spiro atoms. The molecular formula is C15H22O3. The van der Waals surface area contributed by atoms with E-state index in [1.807, 2.05) is 30.3 Å². The second kappa shape index (κ2) is 6.55. The van der Waals surface area contributed by atoms with Gasteiger partial charge in [0, 0.05) is 6.61 Å². The monoisotopic (exact) mass is 250 g/mol. The Morgan fingerprint density at radius 3 is 2.39 bits per heavy atom. The van der Waals surface area contributed by atoms with Crippen LogP contribution in [0.2, 0.25) is 0 Å². The Kier molecular flexibility index (Phi) is 5.35. The summed E-state index contributed by atoms with van der Waals surface area (Å²) in [5, 5.41) is 8.92.